The summed E-state index contributed by atoms with van der Waals surface area (Å²) in [6.45, 7) is 0.383. The molecule has 62 valence electrons. The minimum absolute atomic E-state index is 0.207. The van der Waals surface area contributed by atoms with Crippen LogP contribution in [0.1, 0.15) is 6.42 Å². The number of carbonyl (C=O) groups excluding carboxylic acids is 2. The number of ether oxygens (including phenoxy) is 1. The van der Waals surface area contributed by atoms with Crippen LogP contribution < -0.4 is 10.6 Å². The monoisotopic (exact) mass is 158 g/mol. The van der Waals surface area contributed by atoms with Gasteiger partial charge in [-0.2, -0.15) is 0 Å². The van der Waals surface area contributed by atoms with Gasteiger partial charge in [0.1, 0.15) is 0 Å². The van der Waals surface area contributed by atoms with Gasteiger partial charge >= 0.3 is 6.03 Å². The number of urea groups is 1. The summed E-state index contributed by atoms with van der Waals surface area (Å²) in [6.07, 6.45) is 0.0244. The predicted molar refractivity (Wildman–Crippen MR) is 37.0 cm³/mol. The van der Waals surface area contributed by atoms with Gasteiger partial charge in [-0.25, -0.2) is 4.79 Å². The largest absolute Gasteiger partial charge is 0.379 e. The molecule has 5 heteroatoms. The molecule has 1 aliphatic rings. The van der Waals surface area contributed by atoms with Crippen molar-refractivity contribution in [2.45, 2.75) is 12.5 Å². The highest BCUT2D eigenvalue weighted by Gasteiger charge is 2.19. The maximum absolute atomic E-state index is 10.8. The van der Waals surface area contributed by atoms with Crippen LogP contribution in [0.15, 0.2) is 0 Å². The number of imide groups is 1. The lowest BCUT2D eigenvalue weighted by Gasteiger charge is -2.08. The molecule has 0 aromatic carbocycles. The predicted octanol–water partition coefficient (Wildman–Crippen LogP) is -0.769. The molecule has 0 aromatic heterocycles. The third-order valence-corrected chi connectivity index (χ3v) is 1.49. The molecule has 0 spiro atoms. The Labute approximate surface area is 64.1 Å². The first-order chi connectivity index (χ1) is 5.22. The Balaban J connectivity index is 2.52. The van der Waals surface area contributed by atoms with Gasteiger partial charge in [-0.15, -0.1) is 0 Å². The van der Waals surface area contributed by atoms with Gasteiger partial charge in [0.05, 0.1) is 12.5 Å². The third-order valence-electron chi connectivity index (χ3n) is 1.49. The lowest BCUT2D eigenvalue weighted by atomic mass is 10.2. The van der Waals surface area contributed by atoms with Crippen LogP contribution in [0.2, 0.25) is 0 Å². The van der Waals surface area contributed by atoms with Crippen LogP contribution in [-0.4, -0.2) is 31.7 Å². The lowest BCUT2D eigenvalue weighted by molar-refractivity contribution is -0.121. The molecule has 1 saturated heterocycles. The fraction of sp³-hybridized carbons (Fsp3) is 0.667. The summed E-state index contributed by atoms with van der Waals surface area (Å²) in [7, 11) is 1.51. The van der Waals surface area contributed by atoms with Gasteiger partial charge in [0, 0.05) is 13.7 Å². The second-order valence-corrected chi connectivity index (χ2v) is 2.32. The molecule has 1 atom stereocenters. The standard InChI is InChI=1S/C6H10N2O3/c1-11-4-2-5(9)8-6(10)7-3-4/h4H,2-3H2,1H3,(H2,7,8,9,10). The van der Waals surface area contributed by atoms with Crippen LogP contribution in [-0.2, 0) is 9.53 Å². The van der Waals surface area contributed by atoms with Gasteiger partial charge in [0.15, 0.2) is 0 Å². The van der Waals surface area contributed by atoms with Crippen LogP contribution in [0.3, 0.4) is 0 Å². The van der Waals surface area contributed by atoms with E-state index in [9.17, 15) is 9.59 Å². The van der Waals surface area contributed by atoms with Gasteiger partial charge in [0.25, 0.3) is 0 Å². The summed E-state index contributed by atoms with van der Waals surface area (Å²) in [4.78, 5) is 21.5. The van der Waals surface area contributed by atoms with Gasteiger partial charge in [0.2, 0.25) is 5.91 Å². The number of hydrogen-bond acceptors (Lipinski definition) is 3. The second-order valence-electron chi connectivity index (χ2n) is 2.32. The summed E-state index contributed by atoms with van der Waals surface area (Å²) >= 11 is 0. The van der Waals surface area contributed by atoms with Crippen molar-refractivity contribution in [1.29, 1.82) is 0 Å². The zero-order valence-corrected chi connectivity index (χ0v) is 6.22. The summed E-state index contributed by atoms with van der Waals surface area (Å²) in [6, 6.07) is -0.449. The maximum Gasteiger partial charge on any atom is 0.321 e. The highest BCUT2D eigenvalue weighted by atomic mass is 16.5. The van der Waals surface area contributed by atoms with E-state index < -0.39 is 6.03 Å². The van der Waals surface area contributed by atoms with Crippen LogP contribution in [0.4, 0.5) is 4.79 Å². The Bertz CT molecular complexity index is 181. The fourth-order valence-corrected chi connectivity index (χ4v) is 0.874. The zero-order valence-electron chi connectivity index (χ0n) is 6.22. The fourth-order valence-electron chi connectivity index (χ4n) is 0.874. The van der Waals surface area contributed by atoms with E-state index in [0.29, 0.717) is 6.54 Å². The second kappa shape index (κ2) is 3.34. The third kappa shape index (κ3) is 2.19. The Hall–Kier alpha value is -1.10. The summed E-state index contributed by atoms with van der Waals surface area (Å²) in [5.74, 6) is -0.299. The Morgan fingerprint density at radius 3 is 2.91 bits per heavy atom. The molecular weight excluding hydrogens is 148 g/mol. The van der Waals surface area contributed by atoms with Crippen LogP contribution >= 0.6 is 0 Å². The number of carbonyl (C=O) groups is 2. The van der Waals surface area contributed by atoms with E-state index in [0.717, 1.165) is 0 Å². The molecule has 1 unspecified atom stereocenters. The Morgan fingerprint density at radius 1 is 1.55 bits per heavy atom. The van der Waals surface area contributed by atoms with Crippen molar-refractivity contribution < 1.29 is 14.3 Å². The minimum atomic E-state index is -0.449. The zero-order chi connectivity index (χ0) is 8.27. The molecule has 1 heterocycles. The number of nitrogens with one attached hydrogen (secondary N) is 2. The van der Waals surface area contributed by atoms with Gasteiger partial charge in [-0.1, -0.05) is 0 Å². The normalized spacial score (nSPS) is 25.4. The van der Waals surface area contributed by atoms with Crippen molar-refractivity contribution in [2.75, 3.05) is 13.7 Å². The number of hydrogen-bond donors (Lipinski definition) is 2. The first kappa shape index (κ1) is 8.00. The SMILES string of the molecule is COC1CNC(=O)NC(=O)C1. The molecule has 0 radical (unpaired) electrons. The van der Waals surface area contributed by atoms with Crippen molar-refractivity contribution in [3.63, 3.8) is 0 Å². The van der Waals surface area contributed by atoms with Gasteiger partial charge in [-0.3, -0.25) is 10.1 Å². The lowest BCUT2D eigenvalue weighted by Crippen LogP contribution is -2.36. The summed E-state index contributed by atoms with van der Waals surface area (Å²) in [5, 5.41) is 4.62. The number of rotatable bonds is 1. The van der Waals surface area contributed by atoms with E-state index in [4.69, 9.17) is 4.74 Å². The molecule has 0 aromatic rings. The Kier molecular flexibility index (Phi) is 2.43. The van der Waals surface area contributed by atoms with Crippen molar-refractivity contribution in [3.8, 4) is 0 Å². The average Bonchev–Trinajstić information content (AvgIpc) is 2.11. The first-order valence-corrected chi connectivity index (χ1v) is 3.33. The molecule has 0 bridgehead atoms. The quantitative estimate of drug-likeness (QED) is 0.526. The summed E-state index contributed by atoms with van der Waals surface area (Å²) in [5.41, 5.74) is 0. The number of amides is 3. The van der Waals surface area contributed by atoms with E-state index >= 15 is 0 Å². The summed E-state index contributed by atoms with van der Waals surface area (Å²) < 4.78 is 4.91. The van der Waals surface area contributed by atoms with Crippen molar-refractivity contribution in [2.24, 2.45) is 0 Å². The van der Waals surface area contributed by atoms with E-state index in [1.165, 1.54) is 7.11 Å². The van der Waals surface area contributed by atoms with E-state index in [1.54, 1.807) is 0 Å². The maximum atomic E-state index is 10.8. The minimum Gasteiger partial charge on any atom is -0.379 e. The van der Waals surface area contributed by atoms with Crippen molar-refractivity contribution in [3.05, 3.63) is 0 Å². The van der Waals surface area contributed by atoms with Crippen molar-refractivity contribution >= 4 is 11.9 Å². The van der Waals surface area contributed by atoms with E-state index in [1.807, 2.05) is 0 Å². The molecule has 0 aliphatic carbocycles. The highest BCUT2D eigenvalue weighted by Crippen LogP contribution is 1.98. The smallest absolute Gasteiger partial charge is 0.321 e. The van der Waals surface area contributed by atoms with Gasteiger partial charge < -0.3 is 10.1 Å². The topological polar surface area (TPSA) is 67.4 Å². The van der Waals surface area contributed by atoms with E-state index in [2.05, 4.69) is 10.6 Å². The van der Waals surface area contributed by atoms with Crippen LogP contribution in [0.25, 0.3) is 0 Å². The molecule has 3 amide bonds. The number of methoxy groups -OCH3 is 1. The molecule has 5 nitrogen and oxygen atoms in total. The highest BCUT2D eigenvalue weighted by molar-refractivity contribution is 5.95. The van der Waals surface area contributed by atoms with Gasteiger partial charge in [-0.05, 0) is 0 Å². The molecule has 1 fully saturated rings. The average molecular weight is 158 g/mol. The van der Waals surface area contributed by atoms with Crippen LogP contribution in [0.5, 0.6) is 0 Å². The molecule has 11 heavy (non-hydrogen) atoms. The molecule has 1 aliphatic heterocycles. The first-order valence-electron chi connectivity index (χ1n) is 3.33. The molecule has 0 saturated carbocycles. The van der Waals surface area contributed by atoms with Crippen LogP contribution in [0, 0.1) is 0 Å². The molecule has 1 rings (SSSR count). The molecular formula is C6H10N2O3. The Morgan fingerprint density at radius 2 is 2.27 bits per heavy atom. The van der Waals surface area contributed by atoms with Crippen molar-refractivity contribution in [1.82, 2.24) is 10.6 Å². The van der Waals surface area contributed by atoms with E-state index in [-0.39, 0.29) is 18.4 Å². The molecule has 2 N–H and O–H groups in total.